The molecule has 0 saturated carbocycles. The average molecular weight is 1430 g/mol. The first-order valence-electron chi connectivity index (χ1n) is 32.0. The van der Waals surface area contributed by atoms with Crippen LogP contribution in [0.4, 0.5) is 4.79 Å². The molecule has 25 atom stereocenters. The van der Waals surface area contributed by atoms with Crippen LogP contribution in [-0.2, 0) is 70.2 Å². The van der Waals surface area contributed by atoms with Gasteiger partial charge in [-0.2, -0.15) is 0 Å². The second-order valence-electron chi connectivity index (χ2n) is 24.7. The Morgan fingerprint density at radius 1 is 0.594 bits per heavy atom. The van der Waals surface area contributed by atoms with Crippen LogP contribution < -0.4 is 53.4 Å². The van der Waals surface area contributed by atoms with Crippen molar-refractivity contribution in [3.8, 4) is 5.75 Å². The molecule has 0 radical (unpaired) electrons. The lowest BCUT2D eigenvalue weighted by Gasteiger charge is -2.46. The topological polar surface area (TPSA) is 611 Å². The summed E-state index contributed by atoms with van der Waals surface area (Å²) in [6.45, 7) is -4.16. The maximum Gasteiger partial charge on any atom is 0.508 e. The molecule has 101 heavy (non-hydrogen) atoms. The standard InChI is InChI=1S/C62H84N12O27/c1-25(28-10-6-3-7-11-28)38-54(91)68-30(16-26-12-14-29(15-13-26)97-58-50(88)47(85)51(101-59-49(87)46(84)44(82)35(22-77)99-59)36(100-58)24-96-62(94)95-23-27-8-4-2-5-9-27)53(90)72-39(41(79)31-17-66-60(63)70-31)56(93)73-40(55(92)69-32(20-75)52(89)65-19-37(78)71-38)42(80)33-18-67-61(64)74(33)57-48(86)45(83)43(81)34(21-76)98-57/h2-15,25,30-36,38-51,57-59,75-77,79-88H,16-24H2,1H3,(H2,64,67)(H,65,89)(H,68,91)(H,69,92)(H,71,78)(H,72,90)(H,73,93)(H3,63,66,70)/t25-,30+,31-,32-,33-,34+,35+,36+,38-,39-,40+,41-,42-,43+,44+,45-,46-,47+,48-,49-,50-,51+,57-,58-,59+/m0/s1. The van der Waals surface area contributed by atoms with Crippen molar-refractivity contribution in [1.29, 1.82) is 0 Å². The minimum Gasteiger partial charge on any atom is -0.462 e. The summed E-state index contributed by atoms with van der Waals surface area (Å²) in [5, 5.41) is 159. The van der Waals surface area contributed by atoms with E-state index in [0.29, 0.717) is 11.1 Å². The molecule has 3 aromatic carbocycles. The van der Waals surface area contributed by atoms with Gasteiger partial charge in [0, 0.05) is 18.9 Å². The van der Waals surface area contributed by atoms with Gasteiger partial charge in [0.05, 0.1) is 45.0 Å². The molecule has 9 rings (SSSR count). The molecule has 6 aliphatic heterocycles. The highest BCUT2D eigenvalue weighted by Crippen LogP contribution is 2.33. The fourth-order valence-electron chi connectivity index (χ4n) is 12.1. The number of carbonyl (C=O) groups excluding carboxylic acids is 7. The molecule has 4 fully saturated rings. The number of hydrogen-bond acceptors (Lipinski definition) is 33. The molecule has 3 aromatic rings. The molecule has 24 N–H and O–H groups in total. The largest absolute Gasteiger partial charge is 0.508 e. The van der Waals surface area contributed by atoms with E-state index in [2.05, 4.69) is 47.2 Å². The van der Waals surface area contributed by atoms with Crippen molar-refractivity contribution in [3.63, 3.8) is 0 Å². The van der Waals surface area contributed by atoms with Crippen molar-refractivity contribution < 1.29 is 133 Å². The molecular weight excluding hydrogens is 1340 g/mol. The van der Waals surface area contributed by atoms with Crippen LogP contribution in [-0.4, -0.2) is 317 Å². The van der Waals surface area contributed by atoms with Crippen LogP contribution in [0.3, 0.4) is 0 Å². The van der Waals surface area contributed by atoms with Crippen LogP contribution in [0.5, 0.6) is 5.75 Å². The highest BCUT2D eigenvalue weighted by Gasteiger charge is 2.54. The molecule has 0 unspecified atom stereocenters. The van der Waals surface area contributed by atoms with Gasteiger partial charge in [0.15, 0.2) is 24.4 Å². The van der Waals surface area contributed by atoms with Gasteiger partial charge in [0.1, 0.15) is 135 Å². The minimum atomic E-state index is -2.37. The summed E-state index contributed by atoms with van der Waals surface area (Å²) in [6.07, 6.45) is -34.0. The predicted octanol–water partition coefficient (Wildman–Crippen LogP) is -11.3. The molecule has 0 aliphatic carbocycles. The maximum absolute atomic E-state index is 15.2. The zero-order chi connectivity index (χ0) is 73.1. The zero-order valence-corrected chi connectivity index (χ0v) is 53.9. The molecule has 0 aromatic heterocycles. The molecule has 6 heterocycles. The van der Waals surface area contributed by atoms with Crippen LogP contribution in [0, 0.1) is 0 Å². The molecule has 0 bridgehead atoms. The van der Waals surface area contributed by atoms with Crippen LogP contribution in [0.1, 0.15) is 29.5 Å². The Bertz CT molecular complexity index is 3390. The zero-order valence-electron chi connectivity index (χ0n) is 53.9. The molecule has 0 spiro atoms. The Labute approximate surface area is 574 Å². The van der Waals surface area contributed by atoms with Crippen LogP contribution in [0.25, 0.3) is 0 Å². The highest BCUT2D eigenvalue weighted by molar-refractivity contribution is 5.98. The summed E-state index contributed by atoms with van der Waals surface area (Å²) in [7, 11) is 0. The van der Waals surface area contributed by atoms with Gasteiger partial charge in [-0.15, -0.1) is 0 Å². The Morgan fingerprint density at radius 2 is 1.18 bits per heavy atom. The third kappa shape index (κ3) is 18.2. The average Bonchev–Trinajstić information content (AvgIpc) is 1.75. The molecular formula is C62H84N12O27. The summed E-state index contributed by atoms with van der Waals surface area (Å²) >= 11 is 0. The molecule has 39 nitrogen and oxygen atoms in total. The minimum absolute atomic E-state index is 0.121. The predicted molar refractivity (Wildman–Crippen MR) is 339 cm³/mol. The summed E-state index contributed by atoms with van der Waals surface area (Å²) in [5.41, 5.74) is 13.4. The fourth-order valence-corrected chi connectivity index (χ4v) is 12.1. The Hall–Kier alpha value is -8.59. The van der Waals surface area contributed by atoms with E-state index in [0.717, 1.165) is 4.90 Å². The number of ether oxygens (including phenoxy) is 7. The van der Waals surface area contributed by atoms with Crippen LogP contribution in [0.2, 0.25) is 0 Å². The number of nitrogens with one attached hydrogen (secondary N) is 7. The van der Waals surface area contributed by atoms with Gasteiger partial charge in [-0.05, 0) is 28.8 Å². The first-order valence-corrected chi connectivity index (χ1v) is 32.0. The lowest BCUT2D eigenvalue weighted by atomic mass is 9.92. The molecule has 6 amide bonds. The van der Waals surface area contributed by atoms with E-state index in [-0.39, 0.29) is 30.4 Å². The molecule has 39 heteroatoms. The van der Waals surface area contributed by atoms with Crippen molar-refractivity contribution in [2.24, 2.45) is 21.5 Å². The lowest BCUT2D eigenvalue weighted by Crippen LogP contribution is -2.70. The summed E-state index contributed by atoms with van der Waals surface area (Å²) in [6, 6.07) is 8.94. The number of nitrogens with two attached hydrogens (primary N) is 2. The summed E-state index contributed by atoms with van der Waals surface area (Å²) in [5.74, 6) is -9.20. The van der Waals surface area contributed by atoms with E-state index < -0.39 is 246 Å². The van der Waals surface area contributed by atoms with Crippen molar-refractivity contribution in [3.05, 3.63) is 102 Å². The summed E-state index contributed by atoms with van der Waals surface area (Å²) < 4.78 is 39.6. The second kappa shape index (κ2) is 34.4. The van der Waals surface area contributed by atoms with Crippen molar-refractivity contribution >= 4 is 53.5 Å². The first-order chi connectivity index (χ1) is 48.2. The first kappa shape index (κ1) is 76.6. The monoisotopic (exact) mass is 1430 g/mol. The van der Waals surface area contributed by atoms with E-state index in [9.17, 15) is 90.4 Å². The number of amides is 6. The SMILES string of the molecule is C[C@@H](c1ccccc1)[C@@H]1NC(=O)CNC(=O)[C@H](CO)NC(=O)[C@@H]([C@@H](O)[C@@H]2CN=C(N)N2[C@H]2O[C@H](CO)[C@@H](O)[C@H](O)[C@@H]2O)NC(=O)[C@H]([C@@H](O)[C@@H]2CNC(N)=N2)NC(=O)[C@@H](Cc2ccc(O[C@H]3O[C@H](COC(=O)OCc4ccccc4)[C@@H](O[C@H]4O[C@H](CO)[C@@H](O)[C@H](O)[C@@H]4O)[C@H](O)[C@@H]3O)cc2)NC1=O. The van der Waals surface area contributed by atoms with E-state index in [1.807, 2.05) is 0 Å². The van der Waals surface area contributed by atoms with Gasteiger partial charge in [-0.1, -0.05) is 79.7 Å². The van der Waals surface area contributed by atoms with Gasteiger partial charge in [-0.3, -0.25) is 33.8 Å². The maximum atomic E-state index is 15.2. The van der Waals surface area contributed by atoms with E-state index in [1.165, 1.54) is 24.3 Å². The van der Waals surface area contributed by atoms with Crippen molar-refractivity contribution in [2.75, 3.05) is 46.1 Å². The summed E-state index contributed by atoms with van der Waals surface area (Å²) in [4.78, 5) is 110. The van der Waals surface area contributed by atoms with Crippen LogP contribution in [0.15, 0.2) is 94.9 Å². The third-order valence-electron chi connectivity index (χ3n) is 17.9. The Balaban J connectivity index is 1.02. The highest BCUT2D eigenvalue weighted by atomic mass is 16.8. The lowest BCUT2D eigenvalue weighted by molar-refractivity contribution is -0.352. The number of carbonyl (C=O) groups is 7. The number of aliphatic imine (C=N–C) groups is 2. The van der Waals surface area contributed by atoms with E-state index in [1.54, 1.807) is 67.6 Å². The third-order valence-corrected chi connectivity index (χ3v) is 17.9. The van der Waals surface area contributed by atoms with Crippen molar-refractivity contribution in [2.45, 2.75) is 172 Å². The number of rotatable bonds is 20. The smallest absolute Gasteiger partial charge is 0.462 e. The quantitative estimate of drug-likeness (QED) is 0.0467. The fraction of sp³-hybridized carbons (Fsp3) is 0.565. The Kier molecular flexibility index (Phi) is 26.1. The van der Waals surface area contributed by atoms with E-state index >= 15 is 9.59 Å². The molecule has 554 valence electrons. The number of benzene rings is 3. The molecule has 6 aliphatic rings. The Morgan fingerprint density at radius 3 is 1.82 bits per heavy atom. The van der Waals surface area contributed by atoms with Gasteiger partial charge in [-0.25, -0.2) is 9.79 Å². The number of guanidine groups is 2. The van der Waals surface area contributed by atoms with Gasteiger partial charge < -0.3 is 153 Å². The number of nitrogens with zero attached hydrogens (tertiary/aromatic N) is 3. The van der Waals surface area contributed by atoms with Crippen LogP contribution >= 0.6 is 0 Å². The van der Waals surface area contributed by atoms with Crippen molar-refractivity contribution in [1.82, 2.24) is 42.1 Å². The normalized spacial score (nSPS) is 34.9. The number of hydrogen-bond donors (Lipinski definition) is 22. The van der Waals surface area contributed by atoms with Gasteiger partial charge in [0.2, 0.25) is 41.7 Å². The van der Waals surface area contributed by atoms with Gasteiger partial charge in [0.25, 0.3) is 0 Å². The number of aliphatic hydroxyl groups is 13. The second-order valence-corrected chi connectivity index (χ2v) is 24.7. The van der Waals surface area contributed by atoms with Gasteiger partial charge >= 0.3 is 6.16 Å². The number of aliphatic hydroxyl groups excluding tert-OH is 13. The van der Waals surface area contributed by atoms with E-state index in [4.69, 9.17) is 44.6 Å². The molecule has 4 saturated heterocycles.